The molecule has 33 heavy (non-hydrogen) atoms. The predicted molar refractivity (Wildman–Crippen MR) is 134 cm³/mol. The summed E-state index contributed by atoms with van der Waals surface area (Å²) < 4.78 is 0. The quantitative estimate of drug-likeness (QED) is 0.415. The first-order chi connectivity index (χ1) is 15.2. The monoisotopic (exact) mass is 458 g/mol. The van der Waals surface area contributed by atoms with E-state index in [1.807, 2.05) is 0 Å². The Hall–Kier alpha value is -0.380. The number of hydrogen-bond acceptors (Lipinski definition) is 3. The van der Waals surface area contributed by atoms with E-state index in [4.69, 9.17) is 0 Å². The third kappa shape index (κ3) is 2.91. The summed E-state index contributed by atoms with van der Waals surface area (Å²) in [4.78, 5) is 0. The Kier molecular flexibility index (Phi) is 5.23. The lowest BCUT2D eigenvalue weighted by Crippen LogP contribution is -2.68. The Morgan fingerprint density at radius 1 is 0.818 bits per heavy atom. The maximum Gasteiger partial charge on any atom is 0.0641 e. The van der Waals surface area contributed by atoms with E-state index in [0.29, 0.717) is 23.2 Å². The van der Waals surface area contributed by atoms with Crippen molar-refractivity contribution in [2.45, 2.75) is 118 Å². The van der Waals surface area contributed by atoms with Crippen LogP contribution in [-0.2, 0) is 0 Å². The summed E-state index contributed by atoms with van der Waals surface area (Å²) in [6.45, 7) is 16.9. The highest BCUT2D eigenvalue weighted by Crippen LogP contribution is 2.75. The van der Waals surface area contributed by atoms with Gasteiger partial charge in [0.15, 0.2) is 0 Å². The highest BCUT2D eigenvalue weighted by atomic mass is 16.3. The van der Waals surface area contributed by atoms with E-state index in [-0.39, 0.29) is 34.4 Å². The molecule has 0 unspecified atom stereocenters. The Morgan fingerprint density at radius 3 is 2.18 bits per heavy atom. The molecule has 0 amide bonds. The second-order valence-corrected chi connectivity index (χ2v) is 15.2. The zero-order valence-electron chi connectivity index (χ0n) is 22.4. The maximum absolute atomic E-state index is 12.0. The molecule has 0 radical (unpaired) electrons. The second-order valence-electron chi connectivity index (χ2n) is 15.2. The summed E-state index contributed by atoms with van der Waals surface area (Å²) in [6, 6.07) is 0. The summed E-state index contributed by atoms with van der Waals surface area (Å²) in [5.74, 6) is 1.38. The van der Waals surface area contributed by atoms with Crippen molar-refractivity contribution in [3.05, 3.63) is 11.6 Å². The van der Waals surface area contributed by atoms with Crippen molar-refractivity contribution in [3.63, 3.8) is 0 Å². The smallest absolute Gasteiger partial charge is 0.0641 e. The number of aliphatic hydroxyl groups excluding tert-OH is 3. The first-order valence-corrected chi connectivity index (χ1v) is 13.9. The van der Waals surface area contributed by atoms with Gasteiger partial charge < -0.3 is 15.3 Å². The number of aliphatic hydroxyl groups is 3. The van der Waals surface area contributed by atoms with Gasteiger partial charge in [-0.25, -0.2) is 0 Å². The Labute approximate surface area is 202 Å². The van der Waals surface area contributed by atoms with E-state index in [9.17, 15) is 15.3 Å². The molecule has 3 heteroatoms. The van der Waals surface area contributed by atoms with E-state index < -0.39 is 11.5 Å². The lowest BCUT2D eigenvalue weighted by atomic mass is 9.33. The number of rotatable bonds is 1. The lowest BCUT2D eigenvalue weighted by molar-refractivity contribution is -0.231. The van der Waals surface area contributed by atoms with E-state index >= 15 is 0 Å². The fraction of sp³-hybridized carbons (Fsp3) is 0.933. The molecule has 3 N–H and O–H groups in total. The molecule has 0 aromatic heterocycles. The third-order valence-corrected chi connectivity index (χ3v) is 13.2. The van der Waals surface area contributed by atoms with Crippen molar-refractivity contribution in [2.75, 3.05) is 6.61 Å². The van der Waals surface area contributed by atoms with Gasteiger partial charge in [-0.05, 0) is 97.2 Å². The van der Waals surface area contributed by atoms with Gasteiger partial charge in [-0.2, -0.15) is 0 Å². The molecule has 0 aromatic carbocycles. The van der Waals surface area contributed by atoms with Gasteiger partial charge in [0.25, 0.3) is 0 Å². The zero-order valence-corrected chi connectivity index (χ0v) is 22.4. The van der Waals surface area contributed by atoms with Crippen molar-refractivity contribution in [2.24, 2.45) is 50.2 Å². The molecule has 5 aliphatic carbocycles. The van der Waals surface area contributed by atoms with Crippen LogP contribution >= 0.6 is 0 Å². The number of allylic oxidation sites excluding steroid dienone is 1. The van der Waals surface area contributed by atoms with Crippen LogP contribution in [-0.4, -0.2) is 34.1 Å². The van der Waals surface area contributed by atoms with Crippen LogP contribution in [0.2, 0.25) is 0 Å². The predicted octanol–water partition coefficient (Wildman–Crippen LogP) is 6.11. The van der Waals surface area contributed by atoms with Crippen molar-refractivity contribution in [3.8, 4) is 0 Å². The molecule has 188 valence electrons. The summed E-state index contributed by atoms with van der Waals surface area (Å²) in [7, 11) is 0. The molecule has 5 aliphatic rings. The average Bonchev–Trinajstić information content (AvgIpc) is 2.73. The Balaban J connectivity index is 1.61. The summed E-state index contributed by atoms with van der Waals surface area (Å²) in [5, 5.41) is 33.3. The van der Waals surface area contributed by atoms with Crippen LogP contribution in [0.15, 0.2) is 11.6 Å². The van der Waals surface area contributed by atoms with Crippen LogP contribution in [0.1, 0.15) is 106 Å². The SMILES string of the molecule is CC1(C)CC[C@]2(C)C[C@H](O)[C@]3(C)C(=CC[C@@H]4[C@@]5(C)CC[C@H](O)[C@](C)(CO)[C@@H]5CC[C@]43C)[C@@H]2C1. The molecule has 4 saturated carbocycles. The topological polar surface area (TPSA) is 60.7 Å². The largest absolute Gasteiger partial charge is 0.396 e. The molecule has 5 rings (SSSR count). The molecule has 0 aliphatic heterocycles. The van der Waals surface area contributed by atoms with Gasteiger partial charge in [-0.1, -0.05) is 60.1 Å². The minimum absolute atomic E-state index is 0.0450. The summed E-state index contributed by atoms with van der Waals surface area (Å²) in [6.07, 6.45) is 11.6. The lowest BCUT2D eigenvalue weighted by Gasteiger charge is -2.72. The van der Waals surface area contributed by atoms with Crippen LogP contribution in [0, 0.1) is 50.2 Å². The fourth-order valence-electron chi connectivity index (χ4n) is 10.7. The van der Waals surface area contributed by atoms with E-state index in [1.165, 1.54) is 19.3 Å². The van der Waals surface area contributed by atoms with Gasteiger partial charge in [-0.15, -0.1) is 0 Å². The molecule has 10 atom stereocenters. The normalized spacial score (nSPS) is 57.8. The molecule has 0 saturated heterocycles. The van der Waals surface area contributed by atoms with Crippen LogP contribution in [0.3, 0.4) is 0 Å². The summed E-state index contributed by atoms with van der Waals surface area (Å²) >= 11 is 0. The summed E-state index contributed by atoms with van der Waals surface area (Å²) in [5.41, 5.74) is 1.69. The first-order valence-electron chi connectivity index (χ1n) is 13.9. The maximum atomic E-state index is 12.0. The van der Waals surface area contributed by atoms with E-state index in [2.05, 4.69) is 54.5 Å². The first kappa shape index (κ1) is 24.3. The van der Waals surface area contributed by atoms with Gasteiger partial charge in [-0.3, -0.25) is 0 Å². The fourth-order valence-corrected chi connectivity index (χ4v) is 10.7. The highest BCUT2D eigenvalue weighted by Gasteiger charge is 2.70. The molecule has 0 heterocycles. The second kappa shape index (κ2) is 7.10. The molecule has 4 fully saturated rings. The molecule has 0 bridgehead atoms. The van der Waals surface area contributed by atoms with E-state index in [1.54, 1.807) is 5.57 Å². The number of hydrogen-bond donors (Lipinski definition) is 3. The number of fused-ring (bicyclic) bond motifs is 7. The van der Waals surface area contributed by atoms with Crippen LogP contribution in [0.5, 0.6) is 0 Å². The minimum Gasteiger partial charge on any atom is -0.396 e. The molecular formula is C30H50O3. The Bertz CT molecular complexity index is 847. The average molecular weight is 459 g/mol. The van der Waals surface area contributed by atoms with Crippen molar-refractivity contribution < 1.29 is 15.3 Å². The molecule has 0 spiro atoms. The standard InChI is InChI=1S/C30H50O3/c1-25(2)14-15-26(3)17-24(33)30(7)19(20(26)16-25)8-9-22-27(4)12-11-23(32)28(5,18-31)21(27)10-13-29(22,30)6/h8,20-24,31-33H,9-18H2,1-7H3/t20-,21+,22+,23-,24-,26+,27-,28+,29+,30-/m0/s1. The molecular weight excluding hydrogens is 408 g/mol. The minimum atomic E-state index is -0.420. The third-order valence-electron chi connectivity index (χ3n) is 13.2. The van der Waals surface area contributed by atoms with Gasteiger partial charge in [0, 0.05) is 10.8 Å². The van der Waals surface area contributed by atoms with Crippen molar-refractivity contribution in [1.82, 2.24) is 0 Å². The molecule has 0 aromatic rings. The van der Waals surface area contributed by atoms with Gasteiger partial charge >= 0.3 is 0 Å². The van der Waals surface area contributed by atoms with Crippen LogP contribution in [0.4, 0.5) is 0 Å². The van der Waals surface area contributed by atoms with E-state index in [0.717, 1.165) is 38.5 Å². The van der Waals surface area contributed by atoms with Crippen LogP contribution in [0.25, 0.3) is 0 Å². The zero-order chi connectivity index (χ0) is 24.2. The van der Waals surface area contributed by atoms with Crippen molar-refractivity contribution >= 4 is 0 Å². The Morgan fingerprint density at radius 2 is 1.52 bits per heavy atom. The van der Waals surface area contributed by atoms with Gasteiger partial charge in [0.2, 0.25) is 0 Å². The highest BCUT2D eigenvalue weighted by molar-refractivity contribution is 5.35. The van der Waals surface area contributed by atoms with Crippen LogP contribution < -0.4 is 0 Å². The van der Waals surface area contributed by atoms with Gasteiger partial charge in [0.1, 0.15) is 0 Å². The van der Waals surface area contributed by atoms with Gasteiger partial charge in [0.05, 0.1) is 18.8 Å². The molecule has 3 nitrogen and oxygen atoms in total. The van der Waals surface area contributed by atoms with Crippen molar-refractivity contribution in [1.29, 1.82) is 0 Å².